The predicted octanol–water partition coefficient (Wildman–Crippen LogP) is 9.43. The third kappa shape index (κ3) is 6.41. The Morgan fingerprint density at radius 3 is 2.63 bits per heavy atom. The van der Waals surface area contributed by atoms with E-state index in [-0.39, 0.29) is 6.10 Å². The summed E-state index contributed by atoms with van der Waals surface area (Å²) in [5, 5.41) is 16.8. The second kappa shape index (κ2) is 13.3. The molecule has 10 nitrogen and oxygen atoms in total. The number of aromatic nitrogens is 5. The van der Waals surface area contributed by atoms with Gasteiger partial charge in [-0.25, -0.2) is 14.8 Å². The summed E-state index contributed by atoms with van der Waals surface area (Å²) in [6.07, 6.45) is 9.04. The van der Waals surface area contributed by atoms with Crippen molar-refractivity contribution in [2.24, 2.45) is 7.05 Å². The number of carbonyl (C=O) groups is 1. The molecular formula is C41H43N5O5S. The Bertz CT molecular complexity index is 2340. The zero-order valence-corrected chi connectivity index (χ0v) is 31.2. The third-order valence-corrected chi connectivity index (χ3v) is 11.2. The van der Waals surface area contributed by atoms with Crippen LogP contribution in [0.25, 0.3) is 54.2 Å². The molecule has 52 heavy (non-hydrogen) atoms. The molecule has 3 aromatic carbocycles. The van der Waals surface area contributed by atoms with Gasteiger partial charge in [-0.05, 0) is 107 Å². The first-order chi connectivity index (χ1) is 24.9. The van der Waals surface area contributed by atoms with Gasteiger partial charge in [0.25, 0.3) is 0 Å². The minimum absolute atomic E-state index is 0.0168. The summed E-state index contributed by atoms with van der Waals surface area (Å²) in [4.78, 5) is 27.9. The Morgan fingerprint density at radius 1 is 1.02 bits per heavy atom. The summed E-state index contributed by atoms with van der Waals surface area (Å²) in [5.41, 5.74) is 7.49. The fourth-order valence-corrected chi connectivity index (χ4v) is 8.71. The van der Waals surface area contributed by atoms with E-state index >= 15 is 0 Å². The van der Waals surface area contributed by atoms with Crippen LogP contribution in [0.5, 0.6) is 11.5 Å². The lowest BCUT2D eigenvalue weighted by atomic mass is 9.85. The lowest BCUT2D eigenvalue weighted by Crippen LogP contribution is -2.28. The number of benzene rings is 3. The van der Waals surface area contributed by atoms with E-state index in [1.165, 1.54) is 11.3 Å². The molecule has 1 N–H and O–H groups in total. The number of aryl methyl sites for hydroxylation is 2. The fraction of sp³-hybridized carbons (Fsp3) is 0.390. The quantitative estimate of drug-likeness (QED) is 0.191. The smallest absolute Gasteiger partial charge is 0.337 e. The van der Waals surface area contributed by atoms with Gasteiger partial charge < -0.3 is 19.3 Å². The predicted molar refractivity (Wildman–Crippen MR) is 203 cm³/mol. The van der Waals surface area contributed by atoms with Gasteiger partial charge in [0.15, 0.2) is 6.10 Å². The number of fused-ring (bicyclic) bond motifs is 9. The fourth-order valence-electron chi connectivity index (χ4n) is 7.63. The number of carboxylic acids is 1. The van der Waals surface area contributed by atoms with Crippen LogP contribution < -0.4 is 9.47 Å². The second-order valence-corrected chi connectivity index (χ2v) is 16.1. The van der Waals surface area contributed by atoms with Gasteiger partial charge >= 0.3 is 5.97 Å². The standard InChI is InChI=1S/C41H43N5O5S/c1-22-15-29-38-36(35(22)37(40(47)48)51-41(3,4)5)25-11-12-33-27(16-25)24(13-14-49-33)10-8-7-9-23(2)50-34-18-32-26(19-43-46(32)6)17-28(34)30-20-42-21-31(44-30)39(45-29)52-38/h11-12,15-21,23-24,37H,7-10,13-14H2,1-6H3,(H,47,48). The van der Waals surface area contributed by atoms with Crippen LogP contribution >= 0.6 is 11.3 Å². The van der Waals surface area contributed by atoms with Crippen LogP contribution in [0.4, 0.5) is 0 Å². The molecule has 8 rings (SSSR count). The van der Waals surface area contributed by atoms with Crippen molar-refractivity contribution >= 4 is 38.4 Å². The van der Waals surface area contributed by atoms with Gasteiger partial charge in [-0.2, -0.15) is 5.10 Å². The van der Waals surface area contributed by atoms with Gasteiger partial charge in [-0.1, -0.05) is 12.5 Å². The number of ether oxygens (including phenoxy) is 3. The lowest BCUT2D eigenvalue weighted by Gasteiger charge is -2.29. The first-order valence-electron chi connectivity index (χ1n) is 18.0. The Labute approximate surface area is 306 Å². The molecule has 0 spiro atoms. The molecule has 268 valence electrons. The molecule has 3 unspecified atom stereocenters. The van der Waals surface area contributed by atoms with Gasteiger partial charge in [-0.15, -0.1) is 11.3 Å². The van der Waals surface area contributed by atoms with Gasteiger partial charge in [0.2, 0.25) is 0 Å². The van der Waals surface area contributed by atoms with Gasteiger partial charge in [0, 0.05) is 35.2 Å². The molecule has 6 bridgehead atoms. The normalized spacial score (nSPS) is 18.2. The average Bonchev–Trinajstić information content (AvgIpc) is 3.70. The van der Waals surface area contributed by atoms with E-state index in [1.807, 2.05) is 69.9 Å². The van der Waals surface area contributed by atoms with E-state index in [2.05, 4.69) is 29.1 Å². The summed E-state index contributed by atoms with van der Waals surface area (Å²) in [6, 6.07) is 12.4. The number of carboxylic acid groups (broad SMARTS) is 1. The second-order valence-electron chi connectivity index (χ2n) is 15.1. The third-order valence-electron chi connectivity index (χ3n) is 10.1. The van der Waals surface area contributed by atoms with Crippen LogP contribution in [0.3, 0.4) is 0 Å². The topological polar surface area (TPSA) is 121 Å². The number of nitrogens with zero attached hydrogens (tertiary/aromatic N) is 5. The van der Waals surface area contributed by atoms with Crippen molar-refractivity contribution in [2.75, 3.05) is 6.61 Å². The van der Waals surface area contributed by atoms with Crippen LogP contribution in [-0.4, -0.2) is 54.1 Å². The zero-order valence-electron chi connectivity index (χ0n) is 30.4. The number of hydrogen-bond acceptors (Lipinski definition) is 9. The molecule has 0 aliphatic carbocycles. The maximum Gasteiger partial charge on any atom is 0.337 e. The van der Waals surface area contributed by atoms with E-state index in [0.29, 0.717) is 34.5 Å². The molecule has 0 saturated heterocycles. The molecule has 11 heteroatoms. The van der Waals surface area contributed by atoms with Crippen LogP contribution in [-0.2, 0) is 16.6 Å². The van der Waals surface area contributed by atoms with E-state index in [0.717, 1.165) is 92.5 Å². The minimum Gasteiger partial charge on any atom is -0.493 e. The maximum absolute atomic E-state index is 13.0. The first kappa shape index (κ1) is 34.2. The number of rotatable bonds is 3. The molecule has 5 heterocycles. The summed E-state index contributed by atoms with van der Waals surface area (Å²) < 4.78 is 21.9. The summed E-state index contributed by atoms with van der Waals surface area (Å²) >= 11 is 1.49. The van der Waals surface area contributed by atoms with Crippen molar-refractivity contribution in [1.82, 2.24) is 24.7 Å². The summed E-state index contributed by atoms with van der Waals surface area (Å²) in [6.45, 7) is 10.4. The first-order valence-corrected chi connectivity index (χ1v) is 18.8. The maximum atomic E-state index is 13.0. The highest BCUT2D eigenvalue weighted by Gasteiger charge is 2.33. The molecule has 0 fully saturated rings. The molecule has 0 saturated carbocycles. The Kier molecular flexibility index (Phi) is 8.74. The Hall–Kier alpha value is -4.87. The van der Waals surface area contributed by atoms with Crippen molar-refractivity contribution in [3.63, 3.8) is 0 Å². The SMILES string of the molecule is Cc1cc2nc3sc2c(c1C(OC(C)(C)C)C(=O)O)-c1ccc2c(c1)C(CCCCC(C)Oc1cc4c(cnn4C)cc1-c1cncc-3n1)CCO2. The van der Waals surface area contributed by atoms with Crippen LogP contribution in [0.2, 0.25) is 0 Å². The highest BCUT2D eigenvalue weighted by molar-refractivity contribution is 7.22. The lowest BCUT2D eigenvalue weighted by molar-refractivity contribution is -0.160. The van der Waals surface area contributed by atoms with Crippen molar-refractivity contribution in [1.29, 1.82) is 0 Å². The van der Waals surface area contributed by atoms with Crippen LogP contribution in [0.1, 0.15) is 88.5 Å². The molecule has 0 amide bonds. The van der Waals surface area contributed by atoms with Crippen molar-refractivity contribution in [2.45, 2.75) is 90.4 Å². The minimum atomic E-state index is -1.19. The number of thiazole rings is 1. The Balaban J connectivity index is 1.37. The number of aliphatic carboxylic acids is 1. The van der Waals surface area contributed by atoms with Gasteiger partial charge in [-0.3, -0.25) is 9.67 Å². The molecule has 2 aliphatic heterocycles. The van der Waals surface area contributed by atoms with Crippen LogP contribution in [0, 0.1) is 6.92 Å². The van der Waals surface area contributed by atoms with Gasteiger partial charge in [0.05, 0.1) is 58.3 Å². The van der Waals surface area contributed by atoms with E-state index in [4.69, 9.17) is 24.2 Å². The van der Waals surface area contributed by atoms with Crippen molar-refractivity contribution in [3.8, 4) is 44.6 Å². The average molecular weight is 718 g/mol. The van der Waals surface area contributed by atoms with E-state index < -0.39 is 17.7 Å². The zero-order chi connectivity index (χ0) is 36.3. The summed E-state index contributed by atoms with van der Waals surface area (Å²) in [5.74, 6) is 0.913. The number of hydrogen-bond donors (Lipinski definition) is 1. The molecule has 2 aliphatic rings. The van der Waals surface area contributed by atoms with E-state index in [9.17, 15) is 9.90 Å². The Morgan fingerprint density at radius 2 is 1.83 bits per heavy atom. The van der Waals surface area contributed by atoms with E-state index in [1.54, 1.807) is 12.4 Å². The highest BCUT2D eigenvalue weighted by Crippen LogP contribution is 2.47. The van der Waals surface area contributed by atoms with Crippen molar-refractivity contribution < 1.29 is 24.1 Å². The monoisotopic (exact) mass is 717 g/mol. The molecule has 3 atom stereocenters. The van der Waals surface area contributed by atoms with Crippen molar-refractivity contribution in [3.05, 3.63) is 71.7 Å². The summed E-state index contributed by atoms with van der Waals surface area (Å²) in [7, 11) is 1.93. The van der Waals surface area contributed by atoms with Crippen LogP contribution in [0.15, 0.2) is 55.0 Å². The molecule has 3 aromatic heterocycles. The van der Waals surface area contributed by atoms with Gasteiger partial charge in [0.1, 0.15) is 22.2 Å². The molecule has 0 radical (unpaired) electrons. The highest BCUT2D eigenvalue weighted by atomic mass is 32.1. The largest absolute Gasteiger partial charge is 0.493 e. The molecular weight excluding hydrogens is 675 g/mol. The molecule has 6 aromatic rings.